The lowest BCUT2D eigenvalue weighted by Crippen LogP contribution is -2.42. The summed E-state index contributed by atoms with van der Waals surface area (Å²) < 4.78 is 0. The molecule has 0 amide bonds. The molecule has 0 spiro atoms. The van der Waals surface area contributed by atoms with Crippen LogP contribution in [-0.4, -0.2) is 37.1 Å². The smallest absolute Gasteiger partial charge is 0.0123 e. The molecule has 1 aromatic rings. The number of likely N-dealkylation sites (N-methyl/N-ethyl adjacent to an activating group) is 1. The van der Waals surface area contributed by atoms with E-state index in [9.17, 15) is 0 Å². The van der Waals surface area contributed by atoms with Crippen LogP contribution in [0.4, 0.5) is 0 Å². The van der Waals surface area contributed by atoms with Crippen LogP contribution in [0.15, 0.2) is 30.3 Å². The number of rotatable bonds is 8. The van der Waals surface area contributed by atoms with Crippen molar-refractivity contribution < 1.29 is 0 Å². The monoisotopic (exact) mass is 248 g/mol. The first-order valence-corrected chi connectivity index (χ1v) is 7.01. The van der Waals surface area contributed by atoms with Gasteiger partial charge in [0.15, 0.2) is 0 Å². The Morgan fingerprint density at radius 3 is 2.39 bits per heavy atom. The zero-order valence-corrected chi connectivity index (χ0v) is 12.4. The molecule has 0 atom stereocenters. The van der Waals surface area contributed by atoms with Crippen LogP contribution < -0.4 is 5.32 Å². The lowest BCUT2D eigenvalue weighted by Gasteiger charge is -2.26. The highest BCUT2D eigenvalue weighted by Crippen LogP contribution is 2.06. The molecule has 102 valence electrons. The van der Waals surface area contributed by atoms with E-state index in [0.29, 0.717) is 0 Å². The average Bonchev–Trinajstić information content (AvgIpc) is 2.37. The molecule has 0 fully saturated rings. The summed E-state index contributed by atoms with van der Waals surface area (Å²) in [6.07, 6.45) is 2.30. The van der Waals surface area contributed by atoms with Gasteiger partial charge in [-0.25, -0.2) is 0 Å². The second-order valence-electron chi connectivity index (χ2n) is 5.70. The lowest BCUT2D eigenvalue weighted by atomic mass is 10.0. The number of nitrogens with zero attached hydrogens (tertiary/aromatic N) is 1. The van der Waals surface area contributed by atoms with Gasteiger partial charge in [-0.2, -0.15) is 0 Å². The van der Waals surface area contributed by atoms with Gasteiger partial charge in [0.1, 0.15) is 0 Å². The number of nitrogens with one attached hydrogen (secondary N) is 1. The van der Waals surface area contributed by atoms with E-state index >= 15 is 0 Å². The van der Waals surface area contributed by atoms with Crippen LogP contribution >= 0.6 is 0 Å². The molecule has 0 heterocycles. The van der Waals surface area contributed by atoms with Crippen molar-refractivity contribution in [3.63, 3.8) is 0 Å². The largest absolute Gasteiger partial charge is 0.311 e. The van der Waals surface area contributed by atoms with E-state index in [2.05, 4.69) is 68.4 Å². The first kappa shape index (κ1) is 15.2. The Labute approximate surface area is 112 Å². The third-order valence-electron chi connectivity index (χ3n) is 3.61. The molecule has 1 N–H and O–H groups in total. The van der Waals surface area contributed by atoms with Crippen molar-refractivity contribution in [2.24, 2.45) is 0 Å². The highest BCUT2D eigenvalue weighted by Gasteiger charge is 2.13. The van der Waals surface area contributed by atoms with E-state index in [1.165, 1.54) is 12.0 Å². The zero-order valence-electron chi connectivity index (χ0n) is 12.4. The minimum absolute atomic E-state index is 0.264. The van der Waals surface area contributed by atoms with Gasteiger partial charge in [0.05, 0.1) is 0 Å². The Kier molecular flexibility index (Phi) is 6.37. The summed E-state index contributed by atoms with van der Waals surface area (Å²) >= 11 is 0. The molecule has 2 nitrogen and oxygen atoms in total. The summed E-state index contributed by atoms with van der Waals surface area (Å²) in [5, 5.41) is 3.60. The number of hydrogen-bond acceptors (Lipinski definition) is 2. The summed E-state index contributed by atoms with van der Waals surface area (Å²) in [5.74, 6) is 0. The molecule has 18 heavy (non-hydrogen) atoms. The molecule has 0 aliphatic rings. The number of hydrogen-bond donors (Lipinski definition) is 1. The number of benzene rings is 1. The molecular formula is C16H28N2. The van der Waals surface area contributed by atoms with E-state index < -0.39 is 0 Å². The topological polar surface area (TPSA) is 15.3 Å². The highest BCUT2D eigenvalue weighted by atomic mass is 15.1. The van der Waals surface area contributed by atoms with Gasteiger partial charge in [-0.15, -0.1) is 0 Å². The van der Waals surface area contributed by atoms with Crippen molar-refractivity contribution in [3.05, 3.63) is 35.9 Å². The van der Waals surface area contributed by atoms with Crippen LogP contribution in [0.2, 0.25) is 0 Å². The van der Waals surface area contributed by atoms with Crippen LogP contribution in [0.5, 0.6) is 0 Å². The van der Waals surface area contributed by atoms with Crippen molar-refractivity contribution in [1.29, 1.82) is 0 Å². The van der Waals surface area contributed by atoms with Crippen molar-refractivity contribution >= 4 is 0 Å². The van der Waals surface area contributed by atoms with Gasteiger partial charge in [0, 0.05) is 25.2 Å². The lowest BCUT2D eigenvalue weighted by molar-refractivity contribution is 0.301. The van der Waals surface area contributed by atoms with Crippen LogP contribution in [0.25, 0.3) is 0 Å². The Morgan fingerprint density at radius 1 is 1.11 bits per heavy atom. The Morgan fingerprint density at radius 2 is 1.78 bits per heavy atom. The van der Waals surface area contributed by atoms with Crippen molar-refractivity contribution in [1.82, 2.24) is 10.2 Å². The maximum atomic E-state index is 3.60. The standard InChI is InChI=1S/C16H28N2/c1-5-16(2,3)17-12-14-18(4)13-11-15-9-7-6-8-10-15/h6-10,17H,5,11-14H2,1-4H3. The fraction of sp³-hybridized carbons (Fsp3) is 0.625. The minimum Gasteiger partial charge on any atom is -0.311 e. The first-order chi connectivity index (χ1) is 8.53. The van der Waals surface area contributed by atoms with Gasteiger partial charge in [-0.1, -0.05) is 37.3 Å². The molecule has 1 rings (SSSR count). The van der Waals surface area contributed by atoms with Crippen LogP contribution in [0.1, 0.15) is 32.8 Å². The third kappa shape index (κ3) is 6.18. The van der Waals surface area contributed by atoms with E-state index in [1.54, 1.807) is 0 Å². The van der Waals surface area contributed by atoms with Gasteiger partial charge in [-0.05, 0) is 39.3 Å². The third-order valence-corrected chi connectivity index (χ3v) is 3.61. The molecule has 0 saturated carbocycles. The van der Waals surface area contributed by atoms with E-state index in [1.807, 2.05) is 0 Å². The highest BCUT2D eigenvalue weighted by molar-refractivity contribution is 5.14. The van der Waals surface area contributed by atoms with Gasteiger partial charge in [-0.3, -0.25) is 0 Å². The summed E-state index contributed by atoms with van der Waals surface area (Å²) in [6.45, 7) is 10.0. The Hall–Kier alpha value is -0.860. The molecule has 0 aromatic heterocycles. The summed E-state index contributed by atoms with van der Waals surface area (Å²) in [4.78, 5) is 2.39. The molecule has 0 aliphatic heterocycles. The molecule has 2 heteroatoms. The predicted octanol–water partition coefficient (Wildman–Crippen LogP) is 2.94. The molecule has 0 saturated heterocycles. The predicted molar refractivity (Wildman–Crippen MR) is 80.0 cm³/mol. The van der Waals surface area contributed by atoms with Crippen molar-refractivity contribution in [2.75, 3.05) is 26.7 Å². The fourth-order valence-electron chi connectivity index (χ4n) is 1.79. The van der Waals surface area contributed by atoms with E-state index in [4.69, 9.17) is 0 Å². The average molecular weight is 248 g/mol. The molecule has 0 unspecified atom stereocenters. The van der Waals surface area contributed by atoms with Crippen LogP contribution in [0, 0.1) is 0 Å². The Balaban J connectivity index is 2.16. The molecular weight excluding hydrogens is 220 g/mol. The van der Waals surface area contributed by atoms with Gasteiger partial charge < -0.3 is 10.2 Å². The van der Waals surface area contributed by atoms with E-state index in [0.717, 1.165) is 26.1 Å². The molecule has 1 aromatic carbocycles. The normalized spacial score (nSPS) is 12.1. The van der Waals surface area contributed by atoms with Crippen LogP contribution in [0.3, 0.4) is 0 Å². The second-order valence-corrected chi connectivity index (χ2v) is 5.70. The first-order valence-electron chi connectivity index (χ1n) is 7.01. The van der Waals surface area contributed by atoms with Crippen molar-refractivity contribution in [2.45, 2.75) is 39.2 Å². The fourth-order valence-corrected chi connectivity index (χ4v) is 1.79. The van der Waals surface area contributed by atoms with Crippen molar-refractivity contribution in [3.8, 4) is 0 Å². The second kappa shape index (κ2) is 7.55. The van der Waals surface area contributed by atoms with Gasteiger partial charge in [0.2, 0.25) is 0 Å². The molecule has 0 bridgehead atoms. The maximum absolute atomic E-state index is 3.60. The molecule has 0 radical (unpaired) electrons. The van der Waals surface area contributed by atoms with Gasteiger partial charge >= 0.3 is 0 Å². The maximum Gasteiger partial charge on any atom is 0.0123 e. The summed E-state index contributed by atoms with van der Waals surface area (Å²) in [6, 6.07) is 10.7. The zero-order chi connectivity index (χ0) is 13.4. The summed E-state index contributed by atoms with van der Waals surface area (Å²) in [7, 11) is 2.20. The van der Waals surface area contributed by atoms with Crippen LogP contribution in [-0.2, 0) is 6.42 Å². The Bertz CT molecular complexity index is 319. The van der Waals surface area contributed by atoms with Gasteiger partial charge in [0.25, 0.3) is 0 Å². The minimum atomic E-state index is 0.264. The SMILES string of the molecule is CCC(C)(C)NCCN(C)CCc1ccccc1. The van der Waals surface area contributed by atoms with E-state index in [-0.39, 0.29) is 5.54 Å². The quantitative estimate of drug-likeness (QED) is 0.761. The molecule has 0 aliphatic carbocycles. The summed E-state index contributed by atoms with van der Waals surface area (Å²) in [5.41, 5.74) is 1.69.